The number of carboxylic acid groups (broad SMARTS) is 1. The van der Waals surface area contributed by atoms with Crippen LogP contribution in [-0.2, 0) is 13.1 Å². The number of aromatic carboxylic acids is 1. The number of amides is 1. The van der Waals surface area contributed by atoms with Gasteiger partial charge >= 0.3 is 11.7 Å². The summed E-state index contributed by atoms with van der Waals surface area (Å²) in [6.07, 6.45) is 4.77. The van der Waals surface area contributed by atoms with E-state index in [9.17, 15) is 19.5 Å². The maximum absolute atomic E-state index is 13.5. The van der Waals surface area contributed by atoms with Crippen LogP contribution in [0.15, 0.2) is 114 Å². The number of carbonyl (C=O) groups excluding carboxylic acids is 1. The van der Waals surface area contributed by atoms with Crippen molar-refractivity contribution in [2.75, 3.05) is 59.7 Å². The molecule has 1 amide bonds. The van der Waals surface area contributed by atoms with Crippen molar-refractivity contribution in [1.29, 1.82) is 0 Å². The van der Waals surface area contributed by atoms with Crippen LogP contribution < -0.4 is 26.1 Å². The highest BCUT2D eigenvalue weighted by Gasteiger charge is 2.29. The Hall–Kier alpha value is -6.25. The van der Waals surface area contributed by atoms with E-state index in [0.29, 0.717) is 70.2 Å². The molecule has 17 heteroatoms. The number of benzene rings is 4. The van der Waals surface area contributed by atoms with Gasteiger partial charge in [-0.15, -0.1) is 0 Å². The van der Waals surface area contributed by atoms with Crippen molar-refractivity contribution in [2.45, 2.75) is 32.0 Å². The number of rotatable bonds is 8. The highest BCUT2D eigenvalue weighted by Crippen LogP contribution is 2.36. The minimum Gasteiger partial charge on any atom is -0.478 e. The van der Waals surface area contributed by atoms with Gasteiger partial charge in [0, 0.05) is 96.4 Å². The number of hydrogen-bond donors (Lipinski definition) is 4. The molecule has 3 aliphatic rings. The standard InChI is InChI=1S/C27H26Cl2N6O2.C21H17Cl2N3O2/c28-19-5-6-21(29)18(13-19)16-34-12-9-30-25-24(34)14-17(15-31-25)26(36)33-10-7-20(8-11-33)35-23-4-2-1-3-22(23)32-27(35)37;22-15-5-6-18(23)14(9-15)12-26-8-7-24-20-19(26)10-13(11-25-20)16-3-1-2-4-17(16)21(27)28/h1-6,13-15,20H,7-12,16H2,(H,30,31)(H,32,37);1-6,9-11H,7-8,12H2,(H,24,25)(H,27,28). The van der Waals surface area contributed by atoms with Crippen molar-refractivity contribution < 1.29 is 14.7 Å². The van der Waals surface area contributed by atoms with Crippen LogP contribution in [0.3, 0.4) is 0 Å². The predicted molar refractivity (Wildman–Crippen MR) is 260 cm³/mol. The fourth-order valence-corrected chi connectivity index (χ4v) is 9.47. The fourth-order valence-electron chi connectivity index (χ4n) is 8.72. The lowest BCUT2D eigenvalue weighted by atomic mass is 10.0. The van der Waals surface area contributed by atoms with E-state index in [1.165, 1.54) is 0 Å². The van der Waals surface area contributed by atoms with E-state index in [-0.39, 0.29) is 23.2 Å². The predicted octanol–water partition coefficient (Wildman–Crippen LogP) is 10.1. The molecule has 1 fully saturated rings. The number of aromatic nitrogens is 4. The maximum atomic E-state index is 13.5. The summed E-state index contributed by atoms with van der Waals surface area (Å²) in [4.78, 5) is 55.9. The topological polar surface area (TPSA) is 152 Å². The number of anilines is 4. The third kappa shape index (κ3) is 9.46. The van der Waals surface area contributed by atoms with Gasteiger partial charge in [0.05, 0.1) is 33.5 Å². The molecule has 0 radical (unpaired) electrons. The first-order chi connectivity index (χ1) is 31.5. The summed E-state index contributed by atoms with van der Waals surface area (Å²) in [5.74, 6) is 0.500. The van der Waals surface area contributed by atoms with Crippen LogP contribution in [0.2, 0.25) is 20.1 Å². The summed E-state index contributed by atoms with van der Waals surface area (Å²) in [6, 6.07) is 29.4. The zero-order valence-corrected chi connectivity index (χ0v) is 37.9. The summed E-state index contributed by atoms with van der Waals surface area (Å²) < 4.78 is 1.84. The summed E-state index contributed by atoms with van der Waals surface area (Å²) in [5.41, 5.74) is 7.45. The number of nitrogens with one attached hydrogen (secondary N) is 3. The van der Waals surface area contributed by atoms with Gasteiger partial charge in [0.25, 0.3) is 5.91 Å². The molecule has 10 rings (SSSR count). The Labute approximate surface area is 394 Å². The van der Waals surface area contributed by atoms with Crippen LogP contribution in [0.25, 0.3) is 22.2 Å². The second-order valence-electron chi connectivity index (χ2n) is 16.0. The minimum absolute atomic E-state index is 0.0497. The Balaban J connectivity index is 0.000000171. The normalized spacial score (nSPS) is 14.7. The Kier molecular flexibility index (Phi) is 12.9. The number of piperidine rings is 1. The lowest BCUT2D eigenvalue weighted by Gasteiger charge is -2.34. The van der Waals surface area contributed by atoms with E-state index in [2.05, 4.69) is 35.4 Å². The molecule has 0 bridgehead atoms. The summed E-state index contributed by atoms with van der Waals surface area (Å²) >= 11 is 25.1. The van der Waals surface area contributed by atoms with E-state index in [1.54, 1.807) is 54.9 Å². The van der Waals surface area contributed by atoms with Crippen molar-refractivity contribution in [1.82, 2.24) is 24.4 Å². The van der Waals surface area contributed by atoms with Crippen LogP contribution in [0, 0.1) is 0 Å². The zero-order valence-electron chi connectivity index (χ0n) is 34.9. The van der Waals surface area contributed by atoms with E-state index in [1.807, 2.05) is 64.1 Å². The quantitative estimate of drug-likeness (QED) is 0.116. The second kappa shape index (κ2) is 19.1. The van der Waals surface area contributed by atoms with Gasteiger partial charge in [0.2, 0.25) is 0 Å². The molecule has 0 unspecified atom stereocenters. The molecule has 0 aliphatic carbocycles. The monoisotopic (exact) mass is 949 g/mol. The molecule has 13 nitrogen and oxygen atoms in total. The molecule has 0 saturated carbocycles. The summed E-state index contributed by atoms with van der Waals surface area (Å²) in [7, 11) is 0. The number of nitrogens with zero attached hydrogens (tertiary/aromatic N) is 6. The second-order valence-corrected chi connectivity index (χ2v) is 17.7. The molecular formula is C48H43Cl4N9O4. The van der Waals surface area contributed by atoms with Crippen molar-refractivity contribution in [3.05, 3.63) is 162 Å². The average Bonchev–Trinajstić information content (AvgIpc) is 3.66. The number of likely N-dealkylation sites (tertiary alicyclic amines) is 1. The van der Waals surface area contributed by atoms with Crippen molar-refractivity contribution in [2.24, 2.45) is 0 Å². The number of hydrogen-bond acceptors (Lipinski definition) is 9. The average molecular weight is 952 g/mol. The van der Waals surface area contributed by atoms with Crippen LogP contribution in [0.1, 0.15) is 50.7 Å². The Morgan fingerprint density at radius 3 is 1.92 bits per heavy atom. The summed E-state index contributed by atoms with van der Waals surface area (Å²) in [6.45, 7) is 5.31. The van der Waals surface area contributed by atoms with Crippen LogP contribution in [-0.4, -0.2) is 80.7 Å². The maximum Gasteiger partial charge on any atom is 0.336 e. The number of aromatic amines is 1. The molecule has 4 N–H and O–H groups in total. The molecule has 0 atom stereocenters. The highest BCUT2D eigenvalue weighted by atomic mass is 35.5. The molecule has 3 aliphatic heterocycles. The number of H-pyrrole nitrogens is 1. The number of imidazole rings is 1. The molecule has 1 saturated heterocycles. The first-order valence-corrected chi connectivity index (χ1v) is 22.7. The van der Waals surface area contributed by atoms with Gasteiger partial charge in [-0.1, -0.05) is 76.7 Å². The molecule has 65 heavy (non-hydrogen) atoms. The van der Waals surface area contributed by atoms with Crippen LogP contribution in [0.5, 0.6) is 0 Å². The van der Waals surface area contributed by atoms with Crippen molar-refractivity contribution in [3.8, 4) is 11.1 Å². The van der Waals surface area contributed by atoms with Gasteiger partial charge in [0.15, 0.2) is 0 Å². The third-order valence-corrected chi connectivity index (χ3v) is 13.2. The first kappa shape index (κ1) is 44.0. The first-order valence-electron chi connectivity index (χ1n) is 21.2. The largest absolute Gasteiger partial charge is 0.478 e. The SMILES string of the molecule is O=C(O)c1ccccc1-c1cnc2c(c1)N(Cc1cc(Cl)ccc1Cl)CCN2.O=C(c1cnc2c(c1)N(Cc1cc(Cl)ccc1Cl)CCN2)N1CCC(n2c(=O)[nH]c3ccccc32)CC1. The highest BCUT2D eigenvalue weighted by molar-refractivity contribution is 6.34. The molecule has 7 aromatic rings. The molecule has 0 spiro atoms. The number of carbonyl (C=O) groups is 2. The van der Waals surface area contributed by atoms with Gasteiger partial charge in [0.1, 0.15) is 11.6 Å². The Morgan fingerprint density at radius 2 is 1.28 bits per heavy atom. The number of halogens is 4. The molecule has 332 valence electrons. The summed E-state index contributed by atoms with van der Waals surface area (Å²) in [5, 5.41) is 18.7. The number of para-hydroxylation sites is 2. The molecule has 4 aromatic carbocycles. The number of carboxylic acids is 1. The van der Waals surface area contributed by atoms with Gasteiger partial charge in [-0.3, -0.25) is 9.36 Å². The molecular weight excluding hydrogens is 908 g/mol. The number of pyridine rings is 2. The van der Waals surface area contributed by atoms with Gasteiger partial charge in [-0.05, 0) is 96.3 Å². The van der Waals surface area contributed by atoms with Crippen LogP contribution >= 0.6 is 46.4 Å². The van der Waals surface area contributed by atoms with Crippen molar-refractivity contribution in [3.63, 3.8) is 0 Å². The van der Waals surface area contributed by atoms with E-state index in [4.69, 9.17) is 46.4 Å². The van der Waals surface area contributed by atoms with Gasteiger partial charge in [-0.2, -0.15) is 0 Å². The fraction of sp³-hybridized carbons (Fsp3) is 0.229. The smallest absolute Gasteiger partial charge is 0.336 e. The van der Waals surface area contributed by atoms with E-state index < -0.39 is 5.97 Å². The zero-order chi connectivity index (χ0) is 45.2. The van der Waals surface area contributed by atoms with Gasteiger partial charge in [-0.25, -0.2) is 19.6 Å². The van der Waals surface area contributed by atoms with Gasteiger partial charge < -0.3 is 35.4 Å². The van der Waals surface area contributed by atoms with E-state index >= 15 is 0 Å². The Bertz CT molecular complexity index is 2990. The minimum atomic E-state index is -0.964. The third-order valence-electron chi connectivity index (χ3n) is 12.0. The van der Waals surface area contributed by atoms with Crippen LogP contribution in [0.4, 0.5) is 23.0 Å². The molecule has 3 aromatic heterocycles. The lowest BCUT2D eigenvalue weighted by molar-refractivity contribution is 0.0687. The molecule has 6 heterocycles. The van der Waals surface area contributed by atoms with Crippen molar-refractivity contribution >= 4 is 92.3 Å². The lowest BCUT2D eigenvalue weighted by Crippen LogP contribution is -2.41. The number of fused-ring (bicyclic) bond motifs is 3. The van der Waals surface area contributed by atoms with E-state index in [0.717, 1.165) is 76.9 Å². The Morgan fingerprint density at radius 1 is 0.692 bits per heavy atom.